The fourth-order valence-electron chi connectivity index (χ4n) is 3.19. The smallest absolute Gasteiger partial charge is 0.380 e. The fraction of sp³-hybridized carbons (Fsp3) is 0.368. The van der Waals surface area contributed by atoms with Crippen LogP contribution < -0.4 is 16.4 Å². The fourth-order valence-corrected chi connectivity index (χ4v) is 4.58. The third kappa shape index (κ3) is 6.32. The van der Waals surface area contributed by atoms with E-state index in [1.807, 2.05) is 30.3 Å². The SMILES string of the molecule is C=C(/N=C(N)\N=C(/N)c1noc(C2CCN(S(=O)(=O)CC(F)(F)F)C2)n1)N(C)c1ccccc1. The lowest BCUT2D eigenvalue weighted by Gasteiger charge is -2.18. The summed E-state index contributed by atoms with van der Waals surface area (Å²) in [5, 5.41) is 3.69. The molecule has 11 nitrogen and oxygen atoms in total. The molecule has 1 aliphatic heterocycles. The van der Waals surface area contributed by atoms with Crippen molar-refractivity contribution in [3.05, 3.63) is 54.4 Å². The Kier molecular flexibility index (Phi) is 7.26. The molecule has 184 valence electrons. The molecular formula is C19H23F3N8O3S. The first-order chi connectivity index (χ1) is 15.9. The lowest BCUT2D eigenvalue weighted by Crippen LogP contribution is -2.36. The number of aromatic nitrogens is 2. The number of alkyl halides is 3. The van der Waals surface area contributed by atoms with Crippen LogP contribution in [0.5, 0.6) is 0 Å². The number of hydrogen-bond acceptors (Lipinski definition) is 7. The molecule has 34 heavy (non-hydrogen) atoms. The molecule has 0 saturated carbocycles. The number of anilines is 1. The number of nitrogens with two attached hydrogens (primary N) is 2. The van der Waals surface area contributed by atoms with Gasteiger partial charge in [0.2, 0.25) is 27.7 Å². The summed E-state index contributed by atoms with van der Waals surface area (Å²) in [7, 11) is -2.75. The number of sulfonamides is 1. The Bertz CT molecular complexity index is 1190. The normalized spacial score (nSPS) is 18.3. The van der Waals surface area contributed by atoms with Crippen molar-refractivity contribution in [3.8, 4) is 0 Å². The molecule has 1 saturated heterocycles. The van der Waals surface area contributed by atoms with Crippen molar-refractivity contribution in [2.24, 2.45) is 21.5 Å². The molecule has 1 aliphatic rings. The van der Waals surface area contributed by atoms with Gasteiger partial charge in [-0.2, -0.15) is 28.1 Å². The van der Waals surface area contributed by atoms with Gasteiger partial charge in [-0.25, -0.2) is 12.7 Å². The van der Waals surface area contributed by atoms with Crippen molar-refractivity contribution in [1.82, 2.24) is 14.4 Å². The highest BCUT2D eigenvalue weighted by Gasteiger charge is 2.42. The Morgan fingerprint density at radius 2 is 1.97 bits per heavy atom. The number of benzene rings is 1. The van der Waals surface area contributed by atoms with Crippen LogP contribution in [0.4, 0.5) is 18.9 Å². The summed E-state index contributed by atoms with van der Waals surface area (Å²) >= 11 is 0. The lowest BCUT2D eigenvalue weighted by atomic mass is 10.1. The second kappa shape index (κ2) is 9.80. The Labute approximate surface area is 193 Å². The van der Waals surface area contributed by atoms with Crippen LogP contribution in [0.15, 0.2) is 57.2 Å². The van der Waals surface area contributed by atoms with Gasteiger partial charge in [0.1, 0.15) is 5.82 Å². The molecule has 1 unspecified atom stereocenters. The first kappa shape index (κ1) is 25.2. The molecule has 1 aromatic carbocycles. The van der Waals surface area contributed by atoms with Crippen molar-refractivity contribution >= 4 is 27.5 Å². The molecule has 0 aliphatic carbocycles. The molecule has 1 fully saturated rings. The molecule has 1 atom stereocenters. The molecule has 0 amide bonds. The van der Waals surface area contributed by atoms with E-state index in [0.717, 1.165) is 9.99 Å². The van der Waals surface area contributed by atoms with Crippen LogP contribution >= 0.6 is 0 Å². The summed E-state index contributed by atoms with van der Waals surface area (Å²) in [4.78, 5) is 13.8. The zero-order chi connectivity index (χ0) is 25.1. The maximum absolute atomic E-state index is 12.5. The van der Waals surface area contributed by atoms with E-state index in [1.165, 1.54) is 0 Å². The van der Waals surface area contributed by atoms with E-state index in [-0.39, 0.29) is 43.0 Å². The highest BCUT2D eigenvalue weighted by molar-refractivity contribution is 7.89. The number of rotatable bonds is 7. The Morgan fingerprint density at radius 1 is 1.29 bits per heavy atom. The van der Waals surface area contributed by atoms with E-state index >= 15 is 0 Å². The van der Waals surface area contributed by atoms with Crippen LogP contribution in [-0.4, -0.2) is 66.7 Å². The number of aliphatic imine (C=N–C) groups is 2. The predicted molar refractivity (Wildman–Crippen MR) is 119 cm³/mol. The molecular weight excluding hydrogens is 477 g/mol. The molecule has 0 bridgehead atoms. The van der Waals surface area contributed by atoms with Crippen LogP contribution in [0.3, 0.4) is 0 Å². The van der Waals surface area contributed by atoms with Gasteiger partial charge in [-0.3, -0.25) is 0 Å². The third-order valence-electron chi connectivity index (χ3n) is 4.92. The summed E-state index contributed by atoms with van der Waals surface area (Å²) in [5.41, 5.74) is 12.5. The monoisotopic (exact) mass is 500 g/mol. The maximum atomic E-state index is 12.5. The molecule has 0 spiro atoms. The number of hydrogen-bond donors (Lipinski definition) is 2. The Balaban J connectivity index is 1.66. The molecule has 2 aromatic rings. The van der Waals surface area contributed by atoms with E-state index in [4.69, 9.17) is 16.0 Å². The van der Waals surface area contributed by atoms with Gasteiger partial charge in [0.25, 0.3) is 0 Å². The number of halogens is 3. The highest BCUT2D eigenvalue weighted by atomic mass is 32.2. The van der Waals surface area contributed by atoms with E-state index in [2.05, 4.69) is 26.7 Å². The summed E-state index contributed by atoms with van der Waals surface area (Å²) in [6.07, 6.45) is -4.62. The van der Waals surface area contributed by atoms with Crippen LogP contribution in [0.1, 0.15) is 24.1 Å². The van der Waals surface area contributed by atoms with E-state index in [1.54, 1.807) is 11.9 Å². The lowest BCUT2D eigenvalue weighted by molar-refractivity contribution is -0.107. The summed E-state index contributed by atoms with van der Waals surface area (Å²) in [6, 6.07) is 9.28. The van der Waals surface area contributed by atoms with Crippen molar-refractivity contribution in [2.75, 3.05) is 30.8 Å². The maximum Gasteiger partial charge on any atom is 0.404 e. The van der Waals surface area contributed by atoms with Gasteiger partial charge in [-0.15, -0.1) is 0 Å². The summed E-state index contributed by atoms with van der Waals surface area (Å²) in [6.45, 7) is 3.52. The number of guanidine groups is 1. The van der Waals surface area contributed by atoms with Gasteiger partial charge in [0.05, 0.1) is 5.92 Å². The largest absolute Gasteiger partial charge is 0.404 e. The van der Waals surface area contributed by atoms with Crippen LogP contribution in [0.2, 0.25) is 0 Å². The van der Waals surface area contributed by atoms with Crippen molar-refractivity contribution < 1.29 is 26.1 Å². The zero-order valence-electron chi connectivity index (χ0n) is 18.1. The van der Waals surface area contributed by atoms with Gasteiger partial charge in [0, 0.05) is 25.8 Å². The molecule has 2 heterocycles. The van der Waals surface area contributed by atoms with Gasteiger partial charge in [-0.1, -0.05) is 29.9 Å². The summed E-state index contributed by atoms with van der Waals surface area (Å²) in [5.74, 6) is -2.74. The molecule has 3 rings (SSSR count). The highest BCUT2D eigenvalue weighted by Crippen LogP contribution is 2.30. The van der Waals surface area contributed by atoms with Gasteiger partial charge in [-0.05, 0) is 18.6 Å². The predicted octanol–water partition coefficient (Wildman–Crippen LogP) is 1.38. The zero-order valence-corrected chi connectivity index (χ0v) is 18.9. The second-order valence-corrected chi connectivity index (χ2v) is 9.42. The van der Waals surface area contributed by atoms with Gasteiger partial charge >= 0.3 is 6.18 Å². The minimum absolute atomic E-state index is 0.0292. The number of nitrogens with zero attached hydrogens (tertiary/aromatic N) is 6. The molecule has 4 N–H and O–H groups in total. The number of para-hydroxylation sites is 1. The van der Waals surface area contributed by atoms with Crippen molar-refractivity contribution in [2.45, 2.75) is 18.5 Å². The Morgan fingerprint density at radius 3 is 2.62 bits per heavy atom. The minimum atomic E-state index is -4.83. The molecule has 15 heteroatoms. The van der Waals surface area contributed by atoms with E-state index in [9.17, 15) is 21.6 Å². The van der Waals surface area contributed by atoms with Gasteiger partial charge in [0.15, 0.2) is 11.6 Å². The number of amidine groups is 1. The van der Waals surface area contributed by atoms with Crippen LogP contribution in [0, 0.1) is 0 Å². The van der Waals surface area contributed by atoms with E-state index < -0.39 is 27.9 Å². The molecule has 0 radical (unpaired) electrons. The average molecular weight is 501 g/mol. The summed E-state index contributed by atoms with van der Waals surface area (Å²) < 4.78 is 67.4. The first-order valence-electron chi connectivity index (χ1n) is 9.90. The van der Waals surface area contributed by atoms with Gasteiger partial charge < -0.3 is 20.9 Å². The minimum Gasteiger partial charge on any atom is -0.380 e. The van der Waals surface area contributed by atoms with Crippen LogP contribution in [0.25, 0.3) is 0 Å². The van der Waals surface area contributed by atoms with Crippen molar-refractivity contribution in [1.29, 1.82) is 0 Å². The average Bonchev–Trinajstić information content (AvgIpc) is 3.42. The molecule has 1 aromatic heterocycles. The van der Waals surface area contributed by atoms with Crippen molar-refractivity contribution in [3.63, 3.8) is 0 Å². The quantitative estimate of drug-likeness (QED) is 0.427. The van der Waals surface area contributed by atoms with Crippen LogP contribution in [-0.2, 0) is 10.0 Å². The third-order valence-corrected chi connectivity index (χ3v) is 6.73. The topological polar surface area (TPSA) is 156 Å². The Hall–Kier alpha value is -3.46. The standard InChI is InChI=1S/C19H23F3N8O3S/c1-12(29(2)14-6-4-3-5-7-14)25-18(24)26-15(23)16-27-17(33-28-16)13-8-9-30(10-13)34(31,32)11-19(20,21)22/h3-7,13H,1,8-11H2,2H3,(H4,23,24,25,26). The second-order valence-electron chi connectivity index (χ2n) is 7.45. The van der Waals surface area contributed by atoms with E-state index in [0.29, 0.717) is 5.82 Å². The first-order valence-corrected chi connectivity index (χ1v) is 11.5.